The van der Waals surface area contributed by atoms with Crippen molar-refractivity contribution < 1.29 is 41.4 Å². The zero-order valence-electron chi connectivity index (χ0n) is 24.5. The molecule has 0 radical (unpaired) electrons. The number of aryl methyl sites for hydroxylation is 1. The maximum Gasteiger partial charge on any atom is 0.573 e. The number of urea groups is 1. The summed E-state index contributed by atoms with van der Waals surface area (Å²) < 4.78 is 68.2. The molecule has 4 aromatic rings. The number of amidine groups is 1. The third kappa shape index (κ3) is 7.81. The summed E-state index contributed by atoms with van der Waals surface area (Å²) in [7, 11) is 1.55. The number of methoxy groups -OCH3 is 1. The Kier molecular flexibility index (Phi) is 9.57. The number of carbonyl (C=O) groups is 2. The fourth-order valence-electron chi connectivity index (χ4n) is 4.35. The third-order valence-corrected chi connectivity index (χ3v) is 7.53. The minimum atomic E-state index is -4.80. The number of thioether (sulfide) groups is 1. The quantitative estimate of drug-likeness (QED) is 0.201. The molecule has 5 rings (SSSR count). The van der Waals surface area contributed by atoms with Gasteiger partial charge in [-0.3, -0.25) is 9.69 Å². The maximum atomic E-state index is 14.9. The van der Waals surface area contributed by atoms with Gasteiger partial charge in [0.2, 0.25) is 5.91 Å². The van der Waals surface area contributed by atoms with E-state index in [-0.39, 0.29) is 52.5 Å². The van der Waals surface area contributed by atoms with Crippen LogP contribution < -0.4 is 19.7 Å². The van der Waals surface area contributed by atoms with Gasteiger partial charge in [-0.05, 0) is 61.9 Å². The molecule has 0 bridgehead atoms. The van der Waals surface area contributed by atoms with Crippen molar-refractivity contribution in [3.63, 3.8) is 0 Å². The molecule has 1 aliphatic rings. The van der Waals surface area contributed by atoms with E-state index in [1.54, 1.807) is 7.11 Å². The number of nitrogens with one attached hydrogen (secondary N) is 1. The topological polar surface area (TPSA) is 120 Å². The molecular weight excluding hydrogens is 632 g/mol. The van der Waals surface area contributed by atoms with Crippen LogP contribution in [0.25, 0.3) is 5.69 Å². The van der Waals surface area contributed by atoms with Gasteiger partial charge in [-0.2, -0.15) is 4.99 Å². The predicted octanol–water partition coefficient (Wildman–Crippen LogP) is 6.57. The number of aliphatic imine (C=N–C) groups is 1. The van der Waals surface area contributed by atoms with E-state index in [1.807, 2.05) is 32.0 Å². The van der Waals surface area contributed by atoms with Gasteiger partial charge in [0.15, 0.2) is 11.0 Å². The van der Waals surface area contributed by atoms with E-state index in [0.717, 1.165) is 41.1 Å². The molecule has 3 amide bonds. The van der Waals surface area contributed by atoms with E-state index in [1.165, 1.54) is 40.2 Å². The van der Waals surface area contributed by atoms with Crippen LogP contribution in [0.4, 0.5) is 33.7 Å². The second-order valence-corrected chi connectivity index (χ2v) is 10.8. The number of anilines is 2. The molecule has 3 aromatic carbocycles. The largest absolute Gasteiger partial charge is 0.573 e. The first-order valence-corrected chi connectivity index (χ1v) is 14.6. The Balaban J connectivity index is 1.22. The first-order valence-electron chi connectivity index (χ1n) is 13.6. The Morgan fingerprint density at radius 3 is 2.54 bits per heavy atom. The van der Waals surface area contributed by atoms with Crippen LogP contribution in [0.3, 0.4) is 0 Å². The van der Waals surface area contributed by atoms with Gasteiger partial charge in [0.05, 0.1) is 28.9 Å². The highest BCUT2D eigenvalue weighted by molar-refractivity contribution is 8.15. The summed E-state index contributed by atoms with van der Waals surface area (Å²) in [6.45, 7) is 3.57. The number of carbonyl (C=O) groups excluding carboxylic acids is 2. The molecular formula is C30H26F4N6O5S. The van der Waals surface area contributed by atoms with Crippen LogP contribution in [0.1, 0.15) is 30.0 Å². The molecule has 1 unspecified atom stereocenters. The van der Waals surface area contributed by atoms with Gasteiger partial charge in [0, 0.05) is 18.7 Å². The predicted molar refractivity (Wildman–Crippen MR) is 162 cm³/mol. The first-order chi connectivity index (χ1) is 21.9. The van der Waals surface area contributed by atoms with Gasteiger partial charge in [-0.15, -0.1) is 18.3 Å². The minimum Gasteiger partial charge on any atom is -0.485 e. The van der Waals surface area contributed by atoms with Gasteiger partial charge in [0.1, 0.15) is 30.3 Å². The number of nitrogens with zero attached hydrogens (tertiary/aromatic N) is 5. The fourth-order valence-corrected chi connectivity index (χ4v) is 5.21. The molecule has 0 saturated carbocycles. The molecule has 46 heavy (non-hydrogen) atoms. The molecule has 240 valence electrons. The third-order valence-electron chi connectivity index (χ3n) is 6.61. The van der Waals surface area contributed by atoms with Crippen molar-refractivity contribution in [1.29, 1.82) is 0 Å². The molecule has 2 heterocycles. The van der Waals surface area contributed by atoms with Crippen molar-refractivity contribution in [2.75, 3.05) is 23.1 Å². The van der Waals surface area contributed by atoms with Crippen molar-refractivity contribution in [2.24, 2.45) is 4.99 Å². The standard InChI is InChI=1S/C30H26F4N6O5S/c1-17-4-10-22(18(2)43-3)25(12-17)40-27(41)15-46-29(40)37-28(42)36-24-11-9-21(13-23(24)31)44-14-26-35-16-39(38-26)19-5-7-20(8-6-19)45-30(32,33)34/h4-13,16,18H,14-15H2,1-3H3,(H,36,42). The van der Waals surface area contributed by atoms with Gasteiger partial charge >= 0.3 is 12.4 Å². The van der Waals surface area contributed by atoms with Crippen molar-refractivity contribution in [3.05, 3.63) is 89.8 Å². The molecule has 1 aromatic heterocycles. The van der Waals surface area contributed by atoms with Crippen LogP contribution in [-0.2, 0) is 16.1 Å². The molecule has 0 spiro atoms. The Hall–Kier alpha value is -4.96. The zero-order chi connectivity index (χ0) is 33.0. The van der Waals surface area contributed by atoms with E-state index < -0.39 is 18.2 Å². The average molecular weight is 659 g/mol. The van der Waals surface area contributed by atoms with Crippen molar-refractivity contribution >= 4 is 40.2 Å². The van der Waals surface area contributed by atoms with Crippen molar-refractivity contribution in [1.82, 2.24) is 14.8 Å². The number of hydrogen-bond donors (Lipinski definition) is 1. The number of benzene rings is 3. The van der Waals surface area contributed by atoms with Crippen LogP contribution in [-0.4, -0.2) is 51.1 Å². The maximum absolute atomic E-state index is 14.9. The summed E-state index contributed by atoms with van der Waals surface area (Å²) >= 11 is 1.09. The Morgan fingerprint density at radius 1 is 1.11 bits per heavy atom. The van der Waals surface area contributed by atoms with Crippen LogP contribution in [0.2, 0.25) is 0 Å². The zero-order valence-corrected chi connectivity index (χ0v) is 25.4. The second kappa shape index (κ2) is 13.6. The van der Waals surface area contributed by atoms with Gasteiger partial charge in [0.25, 0.3) is 0 Å². The van der Waals surface area contributed by atoms with E-state index >= 15 is 0 Å². The van der Waals surface area contributed by atoms with E-state index in [0.29, 0.717) is 11.4 Å². The lowest BCUT2D eigenvalue weighted by atomic mass is 10.0. The summed E-state index contributed by atoms with van der Waals surface area (Å²) in [5.74, 6) is -1.02. The van der Waals surface area contributed by atoms with Crippen LogP contribution in [0.5, 0.6) is 11.5 Å². The number of halogens is 4. The number of rotatable bonds is 9. The highest BCUT2D eigenvalue weighted by Gasteiger charge is 2.33. The lowest BCUT2D eigenvalue weighted by Gasteiger charge is -2.23. The lowest BCUT2D eigenvalue weighted by molar-refractivity contribution is -0.274. The summed E-state index contributed by atoms with van der Waals surface area (Å²) in [5, 5.41) is 6.74. The SMILES string of the molecule is COC(C)c1ccc(C)cc1N1C(=O)CSC1=NC(=O)Nc1ccc(OCc2ncn(-c3ccc(OC(F)(F)F)cc3)n2)cc1F. The molecule has 1 atom stereocenters. The smallest absolute Gasteiger partial charge is 0.485 e. The van der Waals surface area contributed by atoms with Gasteiger partial charge in [-0.25, -0.2) is 18.9 Å². The Labute approximate surface area is 264 Å². The first kappa shape index (κ1) is 32.4. The number of amides is 3. The molecule has 11 nitrogen and oxygen atoms in total. The summed E-state index contributed by atoms with van der Waals surface area (Å²) in [6, 6.07) is 13.5. The van der Waals surface area contributed by atoms with Crippen molar-refractivity contribution in [3.8, 4) is 17.2 Å². The normalized spacial score (nSPS) is 14.9. The van der Waals surface area contributed by atoms with E-state index in [4.69, 9.17) is 9.47 Å². The fraction of sp³-hybridized carbons (Fsp3) is 0.233. The molecule has 1 aliphatic heterocycles. The molecule has 0 aliphatic carbocycles. The van der Waals surface area contributed by atoms with E-state index in [9.17, 15) is 27.2 Å². The monoisotopic (exact) mass is 658 g/mol. The number of ether oxygens (including phenoxy) is 3. The second-order valence-electron chi connectivity index (χ2n) is 9.86. The molecule has 1 fully saturated rings. The molecule has 1 N–H and O–H groups in total. The Bertz CT molecular complexity index is 1780. The molecule has 16 heteroatoms. The highest BCUT2D eigenvalue weighted by atomic mass is 32.2. The van der Waals surface area contributed by atoms with Crippen LogP contribution >= 0.6 is 11.8 Å². The van der Waals surface area contributed by atoms with Gasteiger partial charge in [-0.1, -0.05) is 23.9 Å². The summed E-state index contributed by atoms with van der Waals surface area (Å²) in [6.07, 6.45) is -3.78. The summed E-state index contributed by atoms with van der Waals surface area (Å²) in [4.78, 5) is 35.1. The average Bonchev–Trinajstić information content (AvgIpc) is 3.63. The minimum absolute atomic E-state index is 0.0809. The van der Waals surface area contributed by atoms with Crippen LogP contribution in [0, 0.1) is 12.7 Å². The number of hydrogen-bond acceptors (Lipinski definition) is 8. The summed E-state index contributed by atoms with van der Waals surface area (Å²) in [5.41, 5.74) is 2.46. The van der Waals surface area contributed by atoms with Crippen LogP contribution in [0.15, 0.2) is 72.0 Å². The Morgan fingerprint density at radius 2 is 1.85 bits per heavy atom. The highest BCUT2D eigenvalue weighted by Crippen LogP contribution is 2.35. The lowest BCUT2D eigenvalue weighted by Crippen LogP contribution is -2.31. The van der Waals surface area contributed by atoms with E-state index in [2.05, 4.69) is 25.1 Å². The number of aromatic nitrogens is 3. The van der Waals surface area contributed by atoms with Gasteiger partial charge < -0.3 is 19.5 Å². The molecule has 1 saturated heterocycles. The number of alkyl halides is 3. The van der Waals surface area contributed by atoms with Crippen molar-refractivity contribution in [2.45, 2.75) is 32.9 Å².